The first-order chi connectivity index (χ1) is 14.9. The SMILES string of the molecule is COCCNC(=O)[C@H](C)N(Cc1ccc(F)cc1)C(=O)Cc1ccc(OC)c(OC)c1. The van der Waals surface area contributed by atoms with Crippen LogP contribution in [-0.4, -0.2) is 57.2 Å². The van der Waals surface area contributed by atoms with E-state index in [-0.39, 0.29) is 30.6 Å². The molecule has 2 aromatic rings. The van der Waals surface area contributed by atoms with Crippen LogP contribution in [0.5, 0.6) is 11.5 Å². The molecule has 7 nitrogen and oxygen atoms in total. The highest BCUT2D eigenvalue weighted by Gasteiger charge is 2.26. The van der Waals surface area contributed by atoms with Crippen LogP contribution in [0.25, 0.3) is 0 Å². The van der Waals surface area contributed by atoms with Crippen LogP contribution >= 0.6 is 0 Å². The largest absolute Gasteiger partial charge is 0.493 e. The lowest BCUT2D eigenvalue weighted by Crippen LogP contribution is -2.48. The van der Waals surface area contributed by atoms with E-state index >= 15 is 0 Å². The Morgan fingerprint density at radius 3 is 2.26 bits per heavy atom. The molecule has 0 fully saturated rings. The summed E-state index contributed by atoms with van der Waals surface area (Å²) in [7, 11) is 4.61. The predicted octanol–water partition coefficient (Wildman–Crippen LogP) is 2.57. The van der Waals surface area contributed by atoms with Gasteiger partial charge >= 0.3 is 0 Å². The highest BCUT2D eigenvalue weighted by Crippen LogP contribution is 2.28. The van der Waals surface area contributed by atoms with E-state index in [0.717, 1.165) is 11.1 Å². The van der Waals surface area contributed by atoms with Crippen molar-refractivity contribution in [3.8, 4) is 11.5 Å². The van der Waals surface area contributed by atoms with E-state index in [2.05, 4.69) is 5.32 Å². The summed E-state index contributed by atoms with van der Waals surface area (Å²) in [5, 5.41) is 2.76. The summed E-state index contributed by atoms with van der Waals surface area (Å²) in [6.45, 7) is 2.55. The van der Waals surface area contributed by atoms with E-state index in [1.807, 2.05) is 0 Å². The molecule has 8 heteroatoms. The summed E-state index contributed by atoms with van der Waals surface area (Å²) >= 11 is 0. The standard InChI is InChI=1S/C23H29FN2O5/c1-16(23(28)25-11-12-29-2)26(15-17-5-8-19(24)9-6-17)22(27)14-18-7-10-20(30-3)21(13-18)31-4/h5-10,13,16H,11-12,14-15H2,1-4H3,(H,25,28)/t16-/m0/s1. The normalized spacial score (nSPS) is 11.5. The van der Waals surface area contributed by atoms with E-state index in [1.165, 1.54) is 31.3 Å². The smallest absolute Gasteiger partial charge is 0.242 e. The first-order valence-electron chi connectivity index (χ1n) is 9.91. The van der Waals surface area contributed by atoms with Gasteiger partial charge in [-0.2, -0.15) is 0 Å². The number of hydrogen-bond donors (Lipinski definition) is 1. The molecule has 31 heavy (non-hydrogen) atoms. The Labute approximate surface area is 182 Å². The number of halogens is 1. The van der Waals surface area contributed by atoms with Crippen LogP contribution in [0.15, 0.2) is 42.5 Å². The van der Waals surface area contributed by atoms with Gasteiger partial charge in [-0.25, -0.2) is 4.39 Å². The number of carbonyl (C=O) groups is 2. The van der Waals surface area contributed by atoms with Gasteiger partial charge in [-0.05, 0) is 42.3 Å². The minimum absolute atomic E-state index is 0.0667. The van der Waals surface area contributed by atoms with Crippen molar-refractivity contribution < 1.29 is 28.2 Å². The van der Waals surface area contributed by atoms with Crippen molar-refractivity contribution in [3.63, 3.8) is 0 Å². The van der Waals surface area contributed by atoms with Crippen molar-refractivity contribution in [2.45, 2.75) is 25.9 Å². The lowest BCUT2D eigenvalue weighted by Gasteiger charge is -2.29. The average Bonchev–Trinajstić information content (AvgIpc) is 2.78. The molecule has 2 rings (SSSR count). The molecule has 0 bridgehead atoms. The number of methoxy groups -OCH3 is 3. The molecular formula is C23H29FN2O5. The lowest BCUT2D eigenvalue weighted by atomic mass is 10.1. The predicted molar refractivity (Wildman–Crippen MR) is 115 cm³/mol. The summed E-state index contributed by atoms with van der Waals surface area (Å²) in [5.41, 5.74) is 1.44. The third-order valence-corrected chi connectivity index (χ3v) is 4.84. The molecule has 2 amide bonds. The minimum Gasteiger partial charge on any atom is -0.493 e. The molecule has 0 radical (unpaired) electrons. The topological polar surface area (TPSA) is 77.1 Å². The summed E-state index contributed by atoms with van der Waals surface area (Å²) < 4.78 is 28.8. The number of nitrogens with one attached hydrogen (secondary N) is 1. The summed E-state index contributed by atoms with van der Waals surface area (Å²) in [5.74, 6) is 0.180. The molecule has 0 heterocycles. The third kappa shape index (κ3) is 6.96. The maximum absolute atomic E-state index is 13.3. The van der Waals surface area contributed by atoms with Crippen LogP contribution < -0.4 is 14.8 Å². The molecule has 0 aliphatic carbocycles. The highest BCUT2D eigenvalue weighted by atomic mass is 19.1. The van der Waals surface area contributed by atoms with Gasteiger partial charge in [-0.3, -0.25) is 9.59 Å². The van der Waals surface area contributed by atoms with Crippen LogP contribution in [-0.2, 0) is 27.3 Å². The average molecular weight is 432 g/mol. The Balaban J connectivity index is 2.22. The number of ether oxygens (including phenoxy) is 3. The van der Waals surface area contributed by atoms with Crippen LogP contribution in [0.2, 0.25) is 0 Å². The molecule has 1 atom stereocenters. The van der Waals surface area contributed by atoms with Gasteiger partial charge in [0.15, 0.2) is 11.5 Å². The fourth-order valence-corrected chi connectivity index (χ4v) is 3.06. The number of carbonyl (C=O) groups excluding carboxylic acids is 2. The summed E-state index contributed by atoms with van der Waals surface area (Å²) in [6, 6.07) is 10.4. The van der Waals surface area contributed by atoms with Gasteiger partial charge in [0.05, 0.1) is 27.2 Å². The Hall–Kier alpha value is -3.13. The quantitative estimate of drug-likeness (QED) is 0.553. The number of benzene rings is 2. The Morgan fingerprint density at radius 1 is 1.00 bits per heavy atom. The second-order valence-electron chi connectivity index (χ2n) is 6.97. The first-order valence-corrected chi connectivity index (χ1v) is 9.91. The lowest BCUT2D eigenvalue weighted by molar-refractivity contribution is -0.140. The Bertz CT molecular complexity index is 873. The minimum atomic E-state index is -0.727. The monoisotopic (exact) mass is 432 g/mol. The van der Waals surface area contributed by atoms with Crippen LogP contribution in [0.3, 0.4) is 0 Å². The van der Waals surface area contributed by atoms with E-state index in [1.54, 1.807) is 44.4 Å². The van der Waals surface area contributed by atoms with Gasteiger partial charge in [-0.15, -0.1) is 0 Å². The summed E-state index contributed by atoms with van der Waals surface area (Å²) in [6.07, 6.45) is 0.0667. The van der Waals surface area contributed by atoms with Crippen molar-refractivity contribution in [2.24, 2.45) is 0 Å². The van der Waals surface area contributed by atoms with Crippen LogP contribution in [0.1, 0.15) is 18.1 Å². The Kier molecular flexibility index (Phi) is 9.27. The second kappa shape index (κ2) is 11.9. The fourth-order valence-electron chi connectivity index (χ4n) is 3.06. The number of rotatable bonds is 11. The molecular weight excluding hydrogens is 403 g/mol. The highest BCUT2D eigenvalue weighted by molar-refractivity contribution is 5.88. The maximum Gasteiger partial charge on any atom is 0.242 e. The second-order valence-corrected chi connectivity index (χ2v) is 6.97. The maximum atomic E-state index is 13.3. The van der Waals surface area contributed by atoms with E-state index in [0.29, 0.717) is 24.7 Å². The van der Waals surface area contributed by atoms with Crippen molar-refractivity contribution in [3.05, 3.63) is 59.4 Å². The first kappa shape index (κ1) is 24.1. The van der Waals surface area contributed by atoms with Gasteiger partial charge in [0.25, 0.3) is 0 Å². The zero-order valence-electron chi connectivity index (χ0n) is 18.3. The summed E-state index contributed by atoms with van der Waals surface area (Å²) in [4.78, 5) is 27.3. The zero-order valence-corrected chi connectivity index (χ0v) is 18.3. The van der Waals surface area contributed by atoms with Crippen LogP contribution in [0.4, 0.5) is 4.39 Å². The molecule has 0 aliphatic heterocycles. The van der Waals surface area contributed by atoms with Gasteiger partial charge in [0.2, 0.25) is 11.8 Å². The molecule has 0 saturated heterocycles. The van der Waals surface area contributed by atoms with Crippen molar-refractivity contribution >= 4 is 11.8 Å². The number of nitrogens with zero attached hydrogens (tertiary/aromatic N) is 1. The van der Waals surface area contributed by atoms with Gasteiger partial charge < -0.3 is 24.4 Å². The molecule has 0 saturated carbocycles. The Morgan fingerprint density at radius 2 is 1.65 bits per heavy atom. The van der Waals surface area contributed by atoms with Crippen molar-refractivity contribution in [2.75, 3.05) is 34.5 Å². The van der Waals surface area contributed by atoms with Gasteiger partial charge in [-0.1, -0.05) is 18.2 Å². The molecule has 0 aliphatic rings. The molecule has 168 valence electrons. The molecule has 0 unspecified atom stereocenters. The van der Waals surface area contributed by atoms with E-state index in [9.17, 15) is 14.0 Å². The van der Waals surface area contributed by atoms with Gasteiger partial charge in [0, 0.05) is 20.2 Å². The van der Waals surface area contributed by atoms with Crippen molar-refractivity contribution in [1.29, 1.82) is 0 Å². The molecule has 1 N–H and O–H groups in total. The van der Waals surface area contributed by atoms with Gasteiger partial charge in [0.1, 0.15) is 11.9 Å². The number of hydrogen-bond acceptors (Lipinski definition) is 5. The molecule has 0 aromatic heterocycles. The van der Waals surface area contributed by atoms with E-state index < -0.39 is 6.04 Å². The molecule has 2 aromatic carbocycles. The zero-order chi connectivity index (χ0) is 22.8. The van der Waals surface area contributed by atoms with E-state index in [4.69, 9.17) is 14.2 Å². The van der Waals surface area contributed by atoms with Crippen LogP contribution in [0, 0.1) is 5.82 Å². The molecule has 0 spiro atoms. The fraction of sp³-hybridized carbons (Fsp3) is 0.391. The third-order valence-electron chi connectivity index (χ3n) is 4.84. The number of amides is 2. The van der Waals surface area contributed by atoms with Crippen molar-refractivity contribution in [1.82, 2.24) is 10.2 Å².